The first-order chi connectivity index (χ1) is 17.9. The Hall–Kier alpha value is -3.65. The van der Waals surface area contributed by atoms with Crippen molar-refractivity contribution in [2.75, 3.05) is 24.6 Å². The van der Waals surface area contributed by atoms with E-state index >= 15 is 0 Å². The maximum Gasteiger partial charge on any atom is 0.339 e. The number of hydrogen-bond donors (Lipinski definition) is 0. The van der Waals surface area contributed by atoms with Gasteiger partial charge in [0.25, 0.3) is 0 Å². The Balaban J connectivity index is 1.40. The number of carbonyl (C=O) groups is 2. The zero-order chi connectivity index (χ0) is 26.0. The highest BCUT2D eigenvalue weighted by Gasteiger charge is 2.39. The lowest BCUT2D eigenvalue weighted by Crippen LogP contribution is -2.43. The summed E-state index contributed by atoms with van der Waals surface area (Å²) >= 11 is 1.69. The maximum atomic E-state index is 13.0. The second kappa shape index (κ2) is 10.4. The molecule has 0 aliphatic carbocycles. The lowest BCUT2D eigenvalue weighted by atomic mass is 9.80. The average molecular weight is 518 g/mol. The van der Waals surface area contributed by atoms with E-state index in [-0.39, 0.29) is 18.5 Å². The van der Waals surface area contributed by atoms with Crippen molar-refractivity contribution < 1.29 is 19.1 Å². The number of hydrogen-bond acceptors (Lipinski definition) is 7. The minimum Gasteiger partial charge on any atom is -0.462 e. The summed E-state index contributed by atoms with van der Waals surface area (Å²) in [4.78, 5) is 35.0. The maximum absolute atomic E-state index is 13.0. The number of imidazole rings is 1. The predicted octanol–water partition coefficient (Wildman–Crippen LogP) is 5.90. The molecule has 192 valence electrons. The van der Waals surface area contributed by atoms with Gasteiger partial charge < -0.3 is 14.4 Å². The molecule has 1 aliphatic rings. The van der Waals surface area contributed by atoms with Gasteiger partial charge in [-0.3, -0.25) is 9.20 Å². The lowest BCUT2D eigenvalue weighted by molar-refractivity contribution is -0.157. The van der Waals surface area contributed by atoms with E-state index in [0.29, 0.717) is 38.1 Å². The first kappa shape index (κ1) is 25.0. The van der Waals surface area contributed by atoms with E-state index in [2.05, 4.69) is 24.0 Å². The van der Waals surface area contributed by atoms with Crippen molar-refractivity contribution in [2.45, 2.75) is 40.2 Å². The molecule has 1 aromatic carbocycles. The lowest BCUT2D eigenvalue weighted by Gasteiger charge is -2.38. The minimum atomic E-state index is -0.560. The number of ether oxygens (including phenoxy) is 2. The van der Waals surface area contributed by atoms with Crippen LogP contribution >= 0.6 is 11.3 Å². The van der Waals surface area contributed by atoms with Gasteiger partial charge in [0.1, 0.15) is 6.61 Å². The second-order valence-corrected chi connectivity index (χ2v) is 11.0. The normalized spacial score (nSPS) is 15.1. The highest BCUT2D eigenvalue weighted by molar-refractivity contribution is 7.15. The van der Waals surface area contributed by atoms with E-state index < -0.39 is 5.41 Å². The molecule has 1 fully saturated rings. The van der Waals surface area contributed by atoms with Crippen LogP contribution in [0.2, 0.25) is 0 Å². The van der Waals surface area contributed by atoms with Crippen LogP contribution < -0.4 is 4.90 Å². The molecule has 8 heteroatoms. The molecule has 0 bridgehead atoms. The number of esters is 2. The number of aromatic nitrogens is 2. The topological polar surface area (TPSA) is 73.1 Å². The zero-order valence-electron chi connectivity index (χ0n) is 21.4. The second-order valence-electron chi connectivity index (χ2n) is 9.69. The van der Waals surface area contributed by atoms with Gasteiger partial charge in [0.05, 0.1) is 40.0 Å². The van der Waals surface area contributed by atoms with Gasteiger partial charge in [0.2, 0.25) is 0 Å². The minimum absolute atomic E-state index is 0.169. The van der Waals surface area contributed by atoms with Crippen molar-refractivity contribution in [3.63, 3.8) is 0 Å². The molecule has 3 aromatic heterocycles. The fraction of sp³-hybridized carbons (Fsp3) is 0.345. The zero-order valence-corrected chi connectivity index (χ0v) is 22.2. The summed E-state index contributed by atoms with van der Waals surface area (Å²) < 4.78 is 13.0. The molecular weight excluding hydrogens is 486 g/mol. The van der Waals surface area contributed by atoms with Crippen LogP contribution in [0, 0.1) is 12.3 Å². The number of nitrogens with zero attached hydrogens (tertiary/aromatic N) is 3. The molecule has 0 atom stereocenters. The summed E-state index contributed by atoms with van der Waals surface area (Å²) in [7, 11) is 0. The highest BCUT2D eigenvalue weighted by atomic mass is 32.1. The van der Waals surface area contributed by atoms with Gasteiger partial charge in [-0.1, -0.05) is 30.3 Å². The monoisotopic (exact) mass is 517 g/mol. The van der Waals surface area contributed by atoms with E-state index in [1.807, 2.05) is 60.1 Å². The van der Waals surface area contributed by atoms with E-state index in [1.165, 1.54) is 4.88 Å². The van der Waals surface area contributed by atoms with Crippen molar-refractivity contribution in [1.29, 1.82) is 0 Å². The van der Waals surface area contributed by atoms with E-state index in [0.717, 1.165) is 27.5 Å². The molecule has 37 heavy (non-hydrogen) atoms. The van der Waals surface area contributed by atoms with Crippen molar-refractivity contribution in [2.24, 2.45) is 5.41 Å². The Morgan fingerprint density at radius 2 is 1.84 bits per heavy atom. The van der Waals surface area contributed by atoms with Crippen LogP contribution in [-0.2, 0) is 20.9 Å². The molecule has 0 spiro atoms. The number of rotatable bonds is 7. The van der Waals surface area contributed by atoms with E-state index in [9.17, 15) is 9.59 Å². The summed E-state index contributed by atoms with van der Waals surface area (Å²) in [6.07, 6.45) is 4.96. The van der Waals surface area contributed by atoms with Crippen molar-refractivity contribution in [3.8, 4) is 10.6 Å². The molecule has 0 radical (unpaired) electrons. The van der Waals surface area contributed by atoms with Crippen LogP contribution in [0.1, 0.15) is 47.5 Å². The number of aryl methyl sites for hydroxylation is 1. The first-order valence-electron chi connectivity index (χ1n) is 12.6. The summed E-state index contributed by atoms with van der Waals surface area (Å²) in [5.74, 6) is -0.531. The van der Waals surface area contributed by atoms with Crippen LogP contribution in [0.15, 0.2) is 60.9 Å². The van der Waals surface area contributed by atoms with E-state index in [4.69, 9.17) is 14.5 Å². The highest BCUT2D eigenvalue weighted by Crippen LogP contribution is 2.37. The first-order valence-corrected chi connectivity index (χ1v) is 13.4. The number of carbonyl (C=O) groups excluding carboxylic acids is 2. The van der Waals surface area contributed by atoms with Gasteiger partial charge in [-0.2, -0.15) is 0 Å². The van der Waals surface area contributed by atoms with Gasteiger partial charge in [0.15, 0.2) is 5.65 Å². The van der Waals surface area contributed by atoms with Gasteiger partial charge in [-0.25, -0.2) is 9.78 Å². The molecule has 1 aliphatic heterocycles. The molecule has 4 heterocycles. The smallest absolute Gasteiger partial charge is 0.339 e. The molecule has 7 nitrogen and oxygen atoms in total. The number of benzene rings is 1. The largest absolute Gasteiger partial charge is 0.462 e. The van der Waals surface area contributed by atoms with Crippen molar-refractivity contribution >= 4 is 34.6 Å². The van der Waals surface area contributed by atoms with Gasteiger partial charge in [0, 0.05) is 24.2 Å². The van der Waals surface area contributed by atoms with Crippen LogP contribution in [-0.4, -0.2) is 41.0 Å². The standard InChI is InChI=1S/C29H31N3O4S/c1-4-35-27(33)22-16-23(26-30-17-24(32(26)18-22)25-11-10-20(2)37-25)31-14-12-29(3,13-15-31)28(34)36-19-21-8-6-5-7-9-21/h5-11,16-18H,4,12-15,19H2,1-3H3. The van der Waals surface area contributed by atoms with Crippen LogP contribution in [0.4, 0.5) is 5.69 Å². The molecule has 0 unspecified atom stereocenters. The van der Waals surface area contributed by atoms with E-state index in [1.54, 1.807) is 18.3 Å². The summed E-state index contributed by atoms with van der Waals surface area (Å²) in [5, 5.41) is 0. The summed E-state index contributed by atoms with van der Waals surface area (Å²) in [6, 6.07) is 15.8. The third-order valence-corrected chi connectivity index (χ3v) is 8.03. The van der Waals surface area contributed by atoms with Gasteiger partial charge >= 0.3 is 11.9 Å². The SMILES string of the molecule is CCOC(=O)c1cc(N2CCC(C)(C(=O)OCc3ccccc3)CC2)c2ncc(-c3ccc(C)s3)n2c1. The molecule has 0 amide bonds. The fourth-order valence-electron chi connectivity index (χ4n) is 4.73. The number of fused-ring (bicyclic) bond motifs is 1. The molecular formula is C29H31N3O4S. The number of piperidine rings is 1. The third kappa shape index (κ3) is 5.11. The van der Waals surface area contributed by atoms with Gasteiger partial charge in [-0.15, -0.1) is 11.3 Å². The van der Waals surface area contributed by atoms with Crippen LogP contribution in [0.25, 0.3) is 16.2 Å². The number of thiophene rings is 1. The molecule has 4 aromatic rings. The van der Waals surface area contributed by atoms with Crippen molar-refractivity contribution in [1.82, 2.24) is 9.38 Å². The fourth-order valence-corrected chi connectivity index (χ4v) is 5.60. The van der Waals surface area contributed by atoms with Gasteiger partial charge in [-0.05, 0) is 57.4 Å². The number of anilines is 1. The molecule has 0 N–H and O–H groups in total. The Morgan fingerprint density at radius 3 is 2.51 bits per heavy atom. The molecule has 1 saturated heterocycles. The molecule has 5 rings (SSSR count). The third-order valence-electron chi connectivity index (χ3n) is 7.00. The number of pyridine rings is 1. The quantitative estimate of drug-likeness (QED) is 0.284. The summed E-state index contributed by atoms with van der Waals surface area (Å²) in [5.41, 5.74) is 3.48. The Bertz CT molecular complexity index is 1420. The van der Waals surface area contributed by atoms with Crippen LogP contribution in [0.5, 0.6) is 0 Å². The summed E-state index contributed by atoms with van der Waals surface area (Å²) in [6.45, 7) is 7.74. The predicted molar refractivity (Wildman–Crippen MR) is 145 cm³/mol. The Morgan fingerprint density at radius 1 is 1.08 bits per heavy atom. The van der Waals surface area contributed by atoms with Crippen LogP contribution in [0.3, 0.4) is 0 Å². The Labute approximate surface area is 220 Å². The average Bonchev–Trinajstić information content (AvgIpc) is 3.54. The molecule has 0 saturated carbocycles. The Kier molecular flexibility index (Phi) is 7.02. The van der Waals surface area contributed by atoms with Crippen molar-refractivity contribution in [3.05, 3.63) is 76.9 Å².